The van der Waals surface area contributed by atoms with Gasteiger partial charge in [0, 0.05) is 24.5 Å². The maximum atomic E-state index is 14.0. The Bertz CT molecular complexity index is 1330. The van der Waals surface area contributed by atoms with Crippen LogP contribution < -0.4 is 9.62 Å². The number of carbonyl (C=O) groups excluding carboxylic acids is 2. The number of nitrogens with zero attached hydrogens (tertiary/aromatic N) is 2. The second-order valence-electron chi connectivity index (χ2n) is 8.98. The number of hydrogen-bond acceptors (Lipinski definition) is 4. The maximum absolute atomic E-state index is 14.0. The van der Waals surface area contributed by atoms with Crippen LogP contribution in [0.4, 0.5) is 5.69 Å². The standard InChI is InChI=1S/C28H32BrN3O4S/c1-20-9-8-10-21(2)27(20)32(37(4,35)36)19-26(33)31(18-23-13-15-24(29)16-14-23)25(28(34)30-3)17-22-11-6-5-7-12-22/h5-16,25H,17-19H2,1-4H3,(H,30,34). The smallest absolute Gasteiger partial charge is 0.244 e. The lowest BCUT2D eigenvalue weighted by Gasteiger charge is -2.34. The number of rotatable bonds is 10. The Morgan fingerprint density at radius 1 is 0.892 bits per heavy atom. The van der Waals surface area contributed by atoms with Crippen LogP contribution in [-0.4, -0.2) is 51.0 Å². The van der Waals surface area contributed by atoms with Gasteiger partial charge in [-0.05, 0) is 48.2 Å². The molecule has 1 atom stereocenters. The third-order valence-corrected chi connectivity index (χ3v) is 7.79. The Hall–Kier alpha value is -3.17. The molecular weight excluding hydrogens is 554 g/mol. The summed E-state index contributed by atoms with van der Waals surface area (Å²) in [5, 5.41) is 2.68. The molecule has 2 amide bonds. The lowest BCUT2D eigenvalue weighted by Crippen LogP contribution is -2.53. The third kappa shape index (κ3) is 7.42. The Balaban J connectivity index is 2.06. The summed E-state index contributed by atoms with van der Waals surface area (Å²) in [6.45, 7) is 3.34. The van der Waals surface area contributed by atoms with Gasteiger partial charge in [0.15, 0.2) is 0 Å². The molecule has 0 heterocycles. The summed E-state index contributed by atoms with van der Waals surface area (Å²) in [5.41, 5.74) is 3.66. The summed E-state index contributed by atoms with van der Waals surface area (Å²) < 4.78 is 27.8. The van der Waals surface area contributed by atoms with Crippen LogP contribution in [0.25, 0.3) is 0 Å². The molecule has 0 aromatic heterocycles. The number of aryl methyl sites for hydroxylation is 2. The van der Waals surface area contributed by atoms with E-state index in [1.807, 2.05) is 86.6 Å². The lowest BCUT2D eigenvalue weighted by molar-refractivity contribution is -0.139. The van der Waals surface area contributed by atoms with E-state index < -0.39 is 28.5 Å². The molecule has 9 heteroatoms. The van der Waals surface area contributed by atoms with E-state index in [4.69, 9.17) is 0 Å². The predicted octanol–water partition coefficient (Wildman–Crippen LogP) is 4.22. The van der Waals surface area contributed by atoms with E-state index in [0.717, 1.165) is 37.3 Å². The minimum absolute atomic E-state index is 0.140. The van der Waals surface area contributed by atoms with Crippen molar-refractivity contribution in [3.8, 4) is 0 Å². The van der Waals surface area contributed by atoms with Gasteiger partial charge in [-0.15, -0.1) is 0 Å². The molecule has 0 bridgehead atoms. The van der Waals surface area contributed by atoms with Gasteiger partial charge in [-0.1, -0.05) is 76.6 Å². The van der Waals surface area contributed by atoms with Crippen LogP contribution >= 0.6 is 15.9 Å². The van der Waals surface area contributed by atoms with Crippen LogP contribution in [0, 0.1) is 13.8 Å². The van der Waals surface area contributed by atoms with Gasteiger partial charge in [-0.2, -0.15) is 0 Å². The molecule has 37 heavy (non-hydrogen) atoms. The second-order valence-corrected chi connectivity index (χ2v) is 11.8. The van der Waals surface area contributed by atoms with Gasteiger partial charge in [-0.3, -0.25) is 13.9 Å². The van der Waals surface area contributed by atoms with Gasteiger partial charge in [0.25, 0.3) is 0 Å². The summed E-state index contributed by atoms with van der Waals surface area (Å²) in [7, 11) is -2.27. The molecule has 3 rings (SSSR count). The fraction of sp³-hybridized carbons (Fsp3) is 0.286. The molecule has 7 nitrogen and oxygen atoms in total. The van der Waals surface area contributed by atoms with Gasteiger partial charge < -0.3 is 10.2 Å². The van der Waals surface area contributed by atoms with Crippen LogP contribution in [0.15, 0.2) is 77.3 Å². The first-order chi connectivity index (χ1) is 17.5. The van der Waals surface area contributed by atoms with Crippen molar-refractivity contribution in [2.45, 2.75) is 32.9 Å². The first-order valence-electron chi connectivity index (χ1n) is 11.8. The average molecular weight is 587 g/mol. The van der Waals surface area contributed by atoms with Crippen molar-refractivity contribution in [3.05, 3.63) is 99.5 Å². The SMILES string of the molecule is CNC(=O)C(Cc1ccccc1)N(Cc1ccc(Br)cc1)C(=O)CN(c1c(C)cccc1C)S(C)(=O)=O. The zero-order valence-electron chi connectivity index (χ0n) is 21.4. The Morgan fingerprint density at radius 2 is 1.49 bits per heavy atom. The Morgan fingerprint density at radius 3 is 2.03 bits per heavy atom. The van der Waals surface area contributed by atoms with Crippen molar-refractivity contribution in [1.29, 1.82) is 0 Å². The van der Waals surface area contributed by atoms with Crippen LogP contribution in [0.1, 0.15) is 22.3 Å². The predicted molar refractivity (Wildman–Crippen MR) is 151 cm³/mol. The van der Waals surface area contributed by atoms with Gasteiger partial charge in [0.05, 0.1) is 11.9 Å². The van der Waals surface area contributed by atoms with Crippen molar-refractivity contribution in [1.82, 2.24) is 10.2 Å². The Labute approximate surface area is 227 Å². The van der Waals surface area contributed by atoms with Crippen LogP contribution in [0.2, 0.25) is 0 Å². The quantitative estimate of drug-likeness (QED) is 0.386. The van der Waals surface area contributed by atoms with E-state index in [0.29, 0.717) is 5.69 Å². The van der Waals surface area contributed by atoms with Gasteiger partial charge in [0.1, 0.15) is 12.6 Å². The fourth-order valence-electron chi connectivity index (χ4n) is 4.28. The molecule has 1 N–H and O–H groups in total. The van der Waals surface area contributed by atoms with E-state index in [9.17, 15) is 18.0 Å². The normalized spacial score (nSPS) is 12.0. The summed E-state index contributed by atoms with van der Waals surface area (Å²) in [6.07, 6.45) is 1.37. The number of amides is 2. The maximum Gasteiger partial charge on any atom is 0.244 e. The first kappa shape index (κ1) is 28.4. The van der Waals surface area contributed by atoms with E-state index in [-0.39, 0.29) is 18.9 Å². The minimum atomic E-state index is -3.80. The third-order valence-electron chi connectivity index (χ3n) is 6.15. The molecule has 0 saturated heterocycles. The highest BCUT2D eigenvalue weighted by molar-refractivity contribution is 9.10. The highest BCUT2D eigenvalue weighted by atomic mass is 79.9. The van der Waals surface area contributed by atoms with E-state index >= 15 is 0 Å². The molecule has 0 saturated carbocycles. The van der Waals surface area contributed by atoms with Gasteiger partial charge in [0.2, 0.25) is 21.8 Å². The molecule has 0 aliphatic heterocycles. The monoisotopic (exact) mass is 585 g/mol. The zero-order valence-corrected chi connectivity index (χ0v) is 23.8. The van der Waals surface area contributed by atoms with Crippen molar-refractivity contribution in [3.63, 3.8) is 0 Å². The number of anilines is 1. The van der Waals surface area contributed by atoms with Crippen molar-refractivity contribution < 1.29 is 18.0 Å². The number of likely N-dealkylation sites (N-methyl/N-ethyl adjacent to an activating group) is 1. The number of sulfonamides is 1. The molecule has 3 aromatic rings. The molecular formula is C28H32BrN3O4S. The minimum Gasteiger partial charge on any atom is -0.357 e. The number of nitrogens with one attached hydrogen (secondary N) is 1. The lowest BCUT2D eigenvalue weighted by atomic mass is 10.0. The van der Waals surface area contributed by atoms with Crippen molar-refractivity contribution in [2.75, 3.05) is 24.2 Å². The fourth-order valence-corrected chi connectivity index (χ4v) is 5.51. The molecule has 0 radical (unpaired) electrons. The molecule has 0 spiro atoms. The summed E-state index contributed by atoms with van der Waals surface area (Å²) in [5.74, 6) is -0.798. The molecule has 0 fully saturated rings. The second kappa shape index (κ2) is 12.4. The summed E-state index contributed by atoms with van der Waals surface area (Å²) in [4.78, 5) is 28.5. The van der Waals surface area contributed by atoms with Gasteiger partial charge >= 0.3 is 0 Å². The highest BCUT2D eigenvalue weighted by Gasteiger charge is 2.33. The van der Waals surface area contributed by atoms with Crippen LogP contribution in [-0.2, 0) is 32.6 Å². The number of benzene rings is 3. The van der Waals surface area contributed by atoms with E-state index in [1.165, 1.54) is 11.9 Å². The van der Waals surface area contributed by atoms with Crippen LogP contribution in [0.5, 0.6) is 0 Å². The molecule has 1 unspecified atom stereocenters. The van der Waals surface area contributed by atoms with E-state index in [2.05, 4.69) is 21.2 Å². The molecule has 0 aliphatic carbocycles. The Kier molecular flexibility index (Phi) is 9.50. The molecule has 3 aromatic carbocycles. The van der Waals surface area contributed by atoms with Gasteiger partial charge in [-0.25, -0.2) is 8.42 Å². The summed E-state index contributed by atoms with van der Waals surface area (Å²) >= 11 is 3.42. The number of para-hydroxylation sites is 1. The molecule has 0 aliphatic rings. The topological polar surface area (TPSA) is 86.8 Å². The van der Waals surface area contributed by atoms with Crippen molar-refractivity contribution >= 4 is 43.5 Å². The summed E-state index contributed by atoms with van der Waals surface area (Å²) in [6, 6.07) is 21.5. The number of hydrogen-bond donors (Lipinski definition) is 1. The first-order valence-corrected chi connectivity index (χ1v) is 14.5. The van der Waals surface area contributed by atoms with Crippen LogP contribution in [0.3, 0.4) is 0 Å². The average Bonchev–Trinajstić information content (AvgIpc) is 2.86. The number of carbonyl (C=O) groups is 2. The number of halogens is 1. The largest absolute Gasteiger partial charge is 0.357 e. The molecule has 196 valence electrons. The van der Waals surface area contributed by atoms with Crippen molar-refractivity contribution in [2.24, 2.45) is 0 Å². The highest BCUT2D eigenvalue weighted by Crippen LogP contribution is 2.27. The van der Waals surface area contributed by atoms with E-state index in [1.54, 1.807) is 0 Å². The zero-order chi connectivity index (χ0) is 27.2.